The molecule has 0 aromatic heterocycles. The van der Waals surface area contributed by atoms with Crippen LogP contribution >= 0.6 is 0 Å². The largest absolute Gasteiger partial charge is 0.314 e. The van der Waals surface area contributed by atoms with Gasteiger partial charge in [-0.05, 0) is 7.05 Å². The Hall–Kier alpha value is -0.480. The Morgan fingerprint density at radius 3 is 2.00 bits per heavy atom. The van der Waals surface area contributed by atoms with E-state index in [9.17, 15) is 0 Å². The summed E-state index contributed by atoms with van der Waals surface area (Å²) >= 11 is 0. The minimum atomic E-state index is 1.16. The molecule has 0 spiro atoms. The Balaban J connectivity index is 0.000000291. The molecule has 1 fully saturated rings. The second kappa shape index (κ2) is 5.65. The van der Waals surface area contributed by atoms with Crippen LogP contribution in [0.3, 0.4) is 0 Å². The molecule has 1 aliphatic rings. The number of piperazine rings is 1. The summed E-state index contributed by atoms with van der Waals surface area (Å²) in [5.74, 6) is 0. The molecule has 1 rings (SSSR count). The average molecular weight is 131 g/mol. The molecule has 4 nitrogen and oxygen atoms in total. The highest BCUT2D eigenvalue weighted by molar-refractivity contribution is 4.62. The SMILES string of the molecule is CN1CCNCC1.N=O. The third-order valence-electron chi connectivity index (χ3n) is 1.34. The summed E-state index contributed by atoms with van der Waals surface area (Å²) < 4.78 is 0. The molecule has 0 radical (unpaired) electrons. The first-order chi connectivity index (χ1) is 4.39. The molecule has 0 aromatic carbocycles. The number of hydrogen-bond acceptors (Lipinski definition) is 4. The van der Waals surface area contributed by atoms with Gasteiger partial charge in [-0.25, -0.2) is 0 Å². The van der Waals surface area contributed by atoms with Gasteiger partial charge in [-0.3, -0.25) is 0 Å². The molecule has 9 heavy (non-hydrogen) atoms. The van der Waals surface area contributed by atoms with Crippen LogP contribution in [0.25, 0.3) is 0 Å². The van der Waals surface area contributed by atoms with Gasteiger partial charge in [-0.2, -0.15) is 4.91 Å². The molecule has 4 heteroatoms. The molecule has 1 aliphatic heterocycles. The fraction of sp³-hybridized carbons (Fsp3) is 1.00. The van der Waals surface area contributed by atoms with Crippen LogP contribution < -0.4 is 5.32 Å². The van der Waals surface area contributed by atoms with E-state index < -0.39 is 0 Å². The number of nitrogens with one attached hydrogen (secondary N) is 2. The van der Waals surface area contributed by atoms with E-state index in [0.29, 0.717) is 0 Å². The quantitative estimate of drug-likeness (QED) is 0.450. The van der Waals surface area contributed by atoms with Crippen LogP contribution in [0, 0.1) is 10.5 Å². The zero-order chi connectivity index (χ0) is 7.11. The number of hydrogen-bond donors (Lipinski definition) is 2. The molecular formula is C5H13N3O. The van der Waals surface area contributed by atoms with E-state index >= 15 is 0 Å². The molecule has 1 heterocycles. The number of rotatable bonds is 0. The fourth-order valence-corrected chi connectivity index (χ4v) is 0.777. The van der Waals surface area contributed by atoms with Gasteiger partial charge in [0.2, 0.25) is 0 Å². The maximum absolute atomic E-state index is 7.50. The van der Waals surface area contributed by atoms with E-state index in [4.69, 9.17) is 4.91 Å². The third kappa shape index (κ3) is 4.05. The van der Waals surface area contributed by atoms with Crippen LogP contribution in [0.15, 0.2) is 0 Å². The number of likely N-dealkylation sites (N-methyl/N-ethyl adjacent to an activating group) is 1. The summed E-state index contributed by atoms with van der Waals surface area (Å²) in [6.45, 7) is 4.74. The first kappa shape index (κ1) is 8.52. The van der Waals surface area contributed by atoms with Gasteiger partial charge in [0.05, 0.1) is 0 Å². The summed E-state index contributed by atoms with van der Waals surface area (Å²) in [6, 6.07) is 0. The van der Waals surface area contributed by atoms with Crippen LogP contribution in [-0.2, 0) is 0 Å². The minimum Gasteiger partial charge on any atom is -0.314 e. The highest BCUT2D eigenvalue weighted by Crippen LogP contribution is 1.82. The molecule has 54 valence electrons. The highest BCUT2D eigenvalue weighted by Gasteiger charge is 2.01. The van der Waals surface area contributed by atoms with Crippen molar-refractivity contribution in [2.75, 3.05) is 33.2 Å². The lowest BCUT2D eigenvalue weighted by atomic mass is 10.4. The second-order valence-electron chi connectivity index (χ2n) is 2.05. The normalized spacial score (nSPS) is 20.1. The lowest BCUT2D eigenvalue weighted by Gasteiger charge is -2.21. The monoisotopic (exact) mass is 131 g/mol. The van der Waals surface area contributed by atoms with Crippen molar-refractivity contribution in [2.45, 2.75) is 0 Å². The number of nitrogens with zero attached hydrogens (tertiary/aromatic N) is 1. The van der Waals surface area contributed by atoms with E-state index in [2.05, 4.69) is 22.9 Å². The van der Waals surface area contributed by atoms with Crippen LogP contribution in [-0.4, -0.2) is 38.1 Å². The van der Waals surface area contributed by atoms with Gasteiger partial charge >= 0.3 is 0 Å². The molecule has 0 bridgehead atoms. The second-order valence-corrected chi connectivity index (χ2v) is 2.05. The van der Waals surface area contributed by atoms with Crippen molar-refractivity contribution >= 4 is 0 Å². The fourth-order valence-electron chi connectivity index (χ4n) is 0.777. The zero-order valence-corrected chi connectivity index (χ0v) is 5.68. The van der Waals surface area contributed by atoms with E-state index in [1.807, 2.05) is 0 Å². The predicted molar refractivity (Wildman–Crippen MR) is 36.5 cm³/mol. The van der Waals surface area contributed by atoms with Crippen molar-refractivity contribution in [1.29, 1.82) is 5.59 Å². The molecule has 0 unspecified atom stereocenters. The number of nitroso groups, excluding NO2 is 1. The van der Waals surface area contributed by atoms with Crippen molar-refractivity contribution in [2.24, 2.45) is 0 Å². The standard InChI is InChI=1S/C5H12N2.HNO/c1-7-4-2-6-3-5-7;1-2/h6H,2-5H2,1H3;1H. The summed E-state index contributed by atoms with van der Waals surface area (Å²) in [7, 11) is 2.15. The first-order valence-corrected chi connectivity index (χ1v) is 2.99. The lowest BCUT2D eigenvalue weighted by molar-refractivity contribution is 0.291. The minimum absolute atomic E-state index is 1.16. The van der Waals surface area contributed by atoms with Crippen molar-refractivity contribution in [1.82, 2.24) is 10.2 Å². The van der Waals surface area contributed by atoms with E-state index in [0.717, 1.165) is 13.1 Å². The van der Waals surface area contributed by atoms with Crippen molar-refractivity contribution in [3.05, 3.63) is 4.91 Å². The summed E-state index contributed by atoms with van der Waals surface area (Å²) in [5.41, 5.74) is 4.50. The van der Waals surface area contributed by atoms with Crippen LogP contribution in [0.2, 0.25) is 0 Å². The predicted octanol–water partition coefficient (Wildman–Crippen LogP) is -0.147. The molecule has 0 amide bonds. The van der Waals surface area contributed by atoms with Gasteiger partial charge in [-0.15, -0.1) is 0 Å². The van der Waals surface area contributed by atoms with E-state index in [1.165, 1.54) is 13.1 Å². The van der Waals surface area contributed by atoms with Crippen LogP contribution in [0.4, 0.5) is 0 Å². The van der Waals surface area contributed by atoms with Gasteiger partial charge in [0.1, 0.15) is 0 Å². The molecule has 1 saturated heterocycles. The van der Waals surface area contributed by atoms with E-state index in [1.54, 1.807) is 0 Å². The average Bonchev–Trinajstić information content (AvgIpc) is 1.94. The third-order valence-corrected chi connectivity index (χ3v) is 1.34. The Kier molecular flexibility index (Phi) is 5.35. The maximum Gasteiger partial charge on any atom is 0.0104 e. The highest BCUT2D eigenvalue weighted by atomic mass is 16.2. The van der Waals surface area contributed by atoms with Crippen LogP contribution in [0.5, 0.6) is 0 Å². The summed E-state index contributed by atoms with van der Waals surface area (Å²) in [5, 5.41) is 3.27. The maximum atomic E-state index is 7.50. The topological polar surface area (TPSA) is 56.2 Å². The summed E-state index contributed by atoms with van der Waals surface area (Å²) in [4.78, 5) is 9.83. The van der Waals surface area contributed by atoms with E-state index in [-0.39, 0.29) is 0 Å². The van der Waals surface area contributed by atoms with Gasteiger partial charge in [0.25, 0.3) is 0 Å². The Labute approximate surface area is 55.0 Å². The van der Waals surface area contributed by atoms with Crippen molar-refractivity contribution < 1.29 is 0 Å². The van der Waals surface area contributed by atoms with Gasteiger partial charge in [0, 0.05) is 26.2 Å². The first-order valence-electron chi connectivity index (χ1n) is 2.99. The smallest absolute Gasteiger partial charge is 0.0104 e. The van der Waals surface area contributed by atoms with Crippen molar-refractivity contribution in [3.63, 3.8) is 0 Å². The van der Waals surface area contributed by atoms with Gasteiger partial charge in [0.15, 0.2) is 0 Å². The molecule has 0 aliphatic carbocycles. The van der Waals surface area contributed by atoms with Crippen molar-refractivity contribution in [3.8, 4) is 0 Å². The molecule has 0 aromatic rings. The Morgan fingerprint density at radius 2 is 1.78 bits per heavy atom. The zero-order valence-electron chi connectivity index (χ0n) is 5.68. The Morgan fingerprint density at radius 1 is 1.33 bits per heavy atom. The lowest BCUT2D eigenvalue weighted by Crippen LogP contribution is -2.40. The van der Waals surface area contributed by atoms with Gasteiger partial charge < -0.3 is 10.2 Å². The molecule has 0 saturated carbocycles. The Bertz CT molecular complexity index is 63.2. The molecular weight excluding hydrogens is 118 g/mol. The summed E-state index contributed by atoms with van der Waals surface area (Å²) in [6.07, 6.45) is 0. The molecule has 0 atom stereocenters. The van der Waals surface area contributed by atoms with Crippen LogP contribution in [0.1, 0.15) is 0 Å². The van der Waals surface area contributed by atoms with Gasteiger partial charge in [-0.1, -0.05) is 5.59 Å². The molecule has 2 N–H and O–H groups in total.